The summed E-state index contributed by atoms with van der Waals surface area (Å²) in [6.07, 6.45) is 4.37. The molecule has 1 amide bonds. The maximum atomic E-state index is 11.3. The van der Waals surface area contributed by atoms with Crippen molar-refractivity contribution in [2.75, 3.05) is 5.73 Å². The van der Waals surface area contributed by atoms with E-state index in [2.05, 4.69) is 6.92 Å². The Hall–Kier alpha value is -1.03. The third kappa shape index (κ3) is 1.74. The summed E-state index contributed by atoms with van der Waals surface area (Å²) >= 11 is 1.54. The summed E-state index contributed by atoms with van der Waals surface area (Å²) in [7, 11) is 0. The molecule has 0 aliphatic heterocycles. The van der Waals surface area contributed by atoms with Crippen molar-refractivity contribution in [2.45, 2.75) is 32.6 Å². The van der Waals surface area contributed by atoms with E-state index in [1.165, 1.54) is 11.3 Å². The standard InChI is InChI=1S/C11H16N2OS/c1-2-6-3-4-7-8(5-6)15-11(13)9(7)10(12)14/h6H,2-5,13H2,1H3,(H2,12,14)/t6-/m1/s1. The maximum Gasteiger partial charge on any atom is 0.251 e. The van der Waals surface area contributed by atoms with Crippen molar-refractivity contribution in [2.24, 2.45) is 11.7 Å². The monoisotopic (exact) mass is 224 g/mol. The molecule has 0 spiro atoms. The second-order valence-corrected chi connectivity index (χ2v) is 5.26. The number of thiophene rings is 1. The minimum absolute atomic E-state index is 0.375. The Morgan fingerprint density at radius 2 is 2.33 bits per heavy atom. The highest BCUT2D eigenvalue weighted by Gasteiger charge is 2.26. The molecular formula is C11H16N2OS. The number of fused-ring (bicyclic) bond motifs is 1. The number of rotatable bonds is 2. The molecule has 0 saturated carbocycles. The first kappa shape index (κ1) is 10.5. The molecule has 0 unspecified atom stereocenters. The quantitative estimate of drug-likeness (QED) is 0.806. The lowest BCUT2D eigenvalue weighted by Crippen LogP contribution is -2.18. The third-order valence-electron chi connectivity index (χ3n) is 3.22. The molecule has 0 aromatic carbocycles. The van der Waals surface area contributed by atoms with Crippen LogP contribution in [0.2, 0.25) is 0 Å². The Labute approximate surface area is 93.5 Å². The fraction of sp³-hybridized carbons (Fsp3) is 0.545. The Morgan fingerprint density at radius 1 is 1.60 bits per heavy atom. The summed E-state index contributed by atoms with van der Waals surface area (Å²) in [5.74, 6) is 0.372. The summed E-state index contributed by atoms with van der Waals surface area (Å²) in [4.78, 5) is 12.5. The van der Waals surface area contributed by atoms with Crippen LogP contribution >= 0.6 is 11.3 Å². The second kappa shape index (κ2) is 3.85. The predicted molar refractivity (Wildman–Crippen MR) is 63.1 cm³/mol. The van der Waals surface area contributed by atoms with Crippen LogP contribution in [0, 0.1) is 5.92 Å². The lowest BCUT2D eigenvalue weighted by molar-refractivity contribution is 0.100. The van der Waals surface area contributed by atoms with Crippen molar-refractivity contribution in [1.29, 1.82) is 0 Å². The van der Waals surface area contributed by atoms with Crippen molar-refractivity contribution < 1.29 is 4.79 Å². The van der Waals surface area contributed by atoms with Crippen LogP contribution in [0.5, 0.6) is 0 Å². The minimum Gasteiger partial charge on any atom is -0.390 e. The fourth-order valence-electron chi connectivity index (χ4n) is 2.29. The molecular weight excluding hydrogens is 208 g/mol. The van der Waals surface area contributed by atoms with Gasteiger partial charge in [0.1, 0.15) is 0 Å². The lowest BCUT2D eigenvalue weighted by Gasteiger charge is -2.20. The second-order valence-electron chi connectivity index (χ2n) is 4.12. The van der Waals surface area contributed by atoms with Gasteiger partial charge in [0.15, 0.2) is 0 Å². The van der Waals surface area contributed by atoms with E-state index in [0.717, 1.165) is 30.7 Å². The average Bonchev–Trinajstić information content (AvgIpc) is 2.52. The van der Waals surface area contributed by atoms with Crippen LogP contribution in [0.4, 0.5) is 5.00 Å². The van der Waals surface area contributed by atoms with E-state index in [-0.39, 0.29) is 5.91 Å². The Kier molecular flexibility index (Phi) is 2.69. The summed E-state index contributed by atoms with van der Waals surface area (Å²) < 4.78 is 0. The lowest BCUT2D eigenvalue weighted by atomic mass is 9.85. The zero-order valence-electron chi connectivity index (χ0n) is 8.88. The van der Waals surface area contributed by atoms with E-state index in [4.69, 9.17) is 11.5 Å². The van der Waals surface area contributed by atoms with E-state index in [1.807, 2.05) is 0 Å². The number of hydrogen-bond donors (Lipinski definition) is 2. The molecule has 1 aliphatic carbocycles. The van der Waals surface area contributed by atoms with Gasteiger partial charge < -0.3 is 11.5 Å². The zero-order valence-corrected chi connectivity index (χ0v) is 9.69. The summed E-state index contributed by atoms with van der Waals surface area (Å²) in [6, 6.07) is 0. The van der Waals surface area contributed by atoms with Gasteiger partial charge >= 0.3 is 0 Å². The molecule has 4 heteroatoms. The largest absolute Gasteiger partial charge is 0.390 e. The Morgan fingerprint density at radius 3 is 2.93 bits per heavy atom. The van der Waals surface area contributed by atoms with Crippen LogP contribution < -0.4 is 11.5 Å². The molecule has 15 heavy (non-hydrogen) atoms. The fourth-order valence-corrected chi connectivity index (χ4v) is 3.53. The normalized spacial score (nSPS) is 19.9. The van der Waals surface area contributed by atoms with Crippen LogP contribution in [0.25, 0.3) is 0 Å². The molecule has 2 rings (SSSR count). The van der Waals surface area contributed by atoms with Crippen LogP contribution in [-0.4, -0.2) is 5.91 Å². The molecule has 1 aliphatic rings. The van der Waals surface area contributed by atoms with Crippen molar-refractivity contribution in [3.63, 3.8) is 0 Å². The minimum atomic E-state index is -0.375. The average molecular weight is 224 g/mol. The molecule has 0 saturated heterocycles. The highest BCUT2D eigenvalue weighted by molar-refractivity contribution is 7.16. The van der Waals surface area contributed by atoms with Crippen molar-refractivity contribution in [3.8, 4) is 0 Å². The first-order valence-electron chi connectivity index (χ1n) is 5.33. The molecule has 4 N–H and O–H groups in total. The highest BCUT2D eigenvalue weighted by Crippen LogP contribution is 2.38. The summed E-state index contributed by atoms with van der Waals surface area (Å²) in [5.41, 5.74) is 12.9. The first-order valence-corrected chi connectivity index (χ1v) is 6.15. The Bertz CT molecular complexity index is 398. The van der Waals surface area contributed by atoms with Crippen LogP contribution in [0.1, 0.15) is 40.6 Å². The van der Waals surface area contributed by atoms with Crippen LogP contribution in [0.15, 0.2) is 0 Å². The van der Waals surface area contributed by atoms with Gasteiger partial charge in [-0.15, -0.1) is 11.3 Å². The van der Waals surface area contributed by atoms with Crippen LogP contribution in [0.3, 0.4) is 0 Å². The molecule has 1 atom stereocenters. The van der Waals surface area contributed by atoms with E-state index < -0.39 is 0 Å². The van der Waals surface area contributed by atoms with Gasteiger partial charge in [-0.3, -0.25) is 4.79 Å². The molecule has 3 nitrogen and oxygen atoms in total. The molecule has 1 aromatic rings. The van der Waals surface area contributed by atoms with E-state index in [9.17, 15) is 4.79 Å². The number of anilines is 1. The molecule has 1 heterocycles. The number of carbonyl (C=O) groups excluding carboxylic acids is 1. The topological polar surface area (TPSA) is 69.1 Å². The first-order chi connectivity index (χ1) is 7.13. The smallest absolute Gasteiger partial charge is 0.251 e. The van der Waals surface area contributed by atoms with Crippen LogP contribution in [-0.2, 0) is 12.8 Å². The molecule has 0 bridgehead atoms. The number of nitrogen functional groups attached to an aromatic ring is 1. The van der Waals surface area contributed by atoms with E-state index >= 15 is 0 Å². The molecule has 0 fully saturated rings. The molecule has 1 aromatic heterocycles. The van der Waals surface area contributed by atoms with Gasteiger partial charge in [-0.2, -0.15) is 0 Å². The zero-order chi connectivity index (χ0) is 11.0. The van der Waals surface area contributed by atoms with Gasteiger partial charge in [0.05, 0.1) is 10.6 Å². The third-order valence-corrected chi connectivity index (χ3v) is 4.30. The van der Waals surface area contributed by atoms with Crippen molar-refractivity contribution >= 4 is 22.2 Å². The number of primary amides is 1. The van der Waals surface area contributed by atoms with Crippen molar-refractivity contribution in [3.05, 3.63) is 16.0 Å². The van der Waals surface area contributed by atoms with Gasteiger partial charge in [-0.05, 0) is 30.7 Å². The van der Waals surface area contributed by atoms with Gasteiger partial charge in [-0.1, -0.05) is 13.3 Å². The SMILES string of the molecule is CC[C@@H]1CCc2c(sc(N)c2C(N)=O)C1. The highest BCUT2D eigenvalue weighted by atomic mass is 32.1. The Balaban J connectivity index is 2.39. The number of hydrogen-bond acceptors (Lipinski definition) is 3. The molecule has 82 valence electrons. The van der Waals surface area contributed by atoms with Gasteiger partial charge in [0.25, 0.3) is 5.91 Å². The van der Waals surface area contributed by atoms with E-state index in [1.54, 1.807) is 11.3 Å². The number of nitrogens with two attached hydrogens (primary N) is 2. The van der Waals surface area contributed by atoms with Crippen molar-refractivity contribution in [1.82, 2.24) is 0 Å². The van der Waals surface area contributed by atoms with Gasteiger partial charge in [-0.25, -0.2) is 0 Å². The summed E-state index contributed by atoms with van der Waals surface area (Å²) in [6.45, 7) is 2.21. The van der Waals surface area contributed by atoms with Gasteiger partial charge in [0, 0.05) is 4.88 Å². The maximum absolute atomic E-state index is 11.3. The summed E-state index contributed by atoms with van der Waals surface area (Å²) in [5, 5.41) is 0.601. The number of amides is 1. The molecule has 0 radical (unpaired) electrons. The predicted octanol–water partition coefficient (Wildman–Crippen LogP) is 1.94. The van der Waals surface area contributed by atoms with E-state index in [0.29, 0.717) is 10.6 Å². The number of carbonyl (C=O) groups is 1. The van der Waals surface area contributed by atoms with Gasteiger partial charge in [0.2, 0.25) is 0 Å².